The Balaban J connectivity index is 1.84. The summed E-state index contributed by atoms with van der Waals surface area (Å²) in [6.45, 7) is 0. The third kappa shape index (κ3) is 3.55. The van der Waals surface area contributed by atoms with Gasteiger partial charge in [0, 0.05) is 18.3 Å². The van der Waals surface area contributed by atoms with Crippen molar-refractivity contribution in [1.82, 2.24) is 9.97 Å². The number of carbonyl (C=O) groups excluding carboxylic acids is 1. The number of amides is 1. The Morgan fingerprint density at radius 3 is 2.78 bits per heavy atom. The smallest absolute Gasteiger partial charge is 0.224 e. The Morgan fingerprint density at radius 2 is 2.11 bits per heavy atom. The second kappa shape index (κ2) is 5.77. The molecule has 0 saturated heterocycles. The molecule has 2 heterocycles. The van der Waals surface area contributed by atoms with E-state index in [1.165, 1.54) is 6.20 Å². The van der Waals surface area contributed by atoms with Crippen molar-refractivity contribution >= 4 is 17.4 Å². The Kier molecular flexibility index (Phi) is 3.86. The molecule has 3 N–H and O–H groups in total. The summed E-state index contributed by atoms with van der Waals surface area (Å²) < 4.78 is 0. The number of carbonyl (C=O) groups is 1. The number of nitrogens with two attached hydrogens (primary N) is 1. The maximum atomic E-state index is 11.7. The molecule has 5 nitrogen and oxygen atoms in total. The summed E-state index contributed by atoms with van der Waals surface area (Å²) in [5, 5.41) is 2.75. The molecule has 0 fully saturated rings. The minimum atomic E-state index is -0.0628. The summed E-state index contributed by atoms with van der Waals surface area (Å²) in [6.07, 6.45) is 4.27. The monoisotopic (exact) mass is 242 g/mol. The van der Waals surface area contributed by atoms with Crippen molar-refractivity contribution in [1.29, 1.82) is 0 Å². The molecule has 0 spiro atoms. The van der Waals surface area contributed by atoms with Gasteiger partial charge in [-0.05, 0) is 30.7 Å². The summed E-state index contributed by atoms with van der Waals surface area (Å²) in [5.41, 5.74) is 7.01. The van der Waals surface area contributed by atoms with Gasteiger partial charge < -0.3 is 11.1 Å². The fourth-order valence-electron chi connectivity index (χ4n) is 1.49. The van der Waals surface area contributed by atoms with Crippen molar-refractivity contribution < 1.29 is 4.79 Å². The molecule has 0 bridgehead atoms. The molecule has 5 heteroatoms. The van der Waals surface area contributed by atoms with Crippen LogP contribution in [0.25, 0.3) is 0 Å². The van der Waals surface area contributed by atoms with Crippen molar-refractivity contribution in [3.63, 3.8) is 0 Å². The topological polar surface area (TPSA) is 80.9 Å². The van der Waals surface area contributed by atoms with Crippen LogP contribution >= 0.6 is 0 Å². The third-order valence-electron chi connectivity index (χ3n) is 2.40. The van der Waals surface area contributed by atoms with Crippen molar-refractivity contribution in [3.05, 3.63) is 48.4 Å². The maximum Gasteiger partial charge on any atom is 0.224 e. The minimum absolute atomic E-state index is 0.0628. The van der Waals surface area contributed by atoms with Crippen LogP contribution in [0.4, 0.5) is 11.5 Å². The van der Waals surface area contributed by atoms with E-state index in [2.05, 4.69) is 15.3 Å². The SMILES string of the molecule is Nc1ccc(NC(=O)CCc2ccccn2)cn1. The molecule has 18 heavy (non-hydrogen) atoms. The number of aryl methyl sites for hydroxylation is 1. The van der Waals surface area contributed by atoms with E-state index in [9.17, 15) is 4.79 Å². The van der Waals surface area contributed by atoms with E-state index in [1.807, 2.05) is 18.2 Å². The zero-order valence-corrected chi connectivity index (χ0v) is 9.84. The van der Waals surface area contributed by atoms with Gasteiger partial charge in [-0.25, -0.2) is 4.98 Å². The highest BCUT2D eigenvalue weighted by Gasteiger charge is 2.03. The van der Waals surface area contributed by atoms with E-state index in [0.717, 1.165) is 5.69 Å². The van der Waals surface area contributed by atoms with Crippen LogP contribution in [0.2, 0.25) is 0 Å². The number of rotatable bonds is 4. The van der Waals surface area contributed by atoms with E-state index in [4.69, 9.17) is 5.73 Å². The van der Waals surface area contributed by atoms with Gasteiger partial charge in [0.25, 0.3) is 0 Å². The molecular weight excluding hydrogens is 228 g/mol. The summed E-state index contributed by atoms with van der Waals surface area (Å²) in [4.78, 5) is 19.7. The number of hydrogen-bond donors (Lipinski definition) is 2. The first-order chi connectivity index (χ1) is 8.74. The number of aromatic nitrogens is 2. The number of nitrogen functional groups attached to an aromatic ring is 1. The fourth-order valence-corrected chi connectivity index (χ4v) is 1.49. The highest BCUT2D eigenvalue weighted by Crippen LogP contribution is 2.08. The lowest BCUT2D eigenvalue weighted by atomic mass is 10.2. The van der Waals surface area contributed by atoms with E-state index in [0.29, 0.717) is 24.3 Å². The summed E-state index contributed by atoms with van der Waals surface area (Å²) in [6, 6.07) is 9.03. The zero-order chi connectivity index (χ0) is 12.8. The first-order valence-electron chi connectivity index (χ1n) is 5.65. The summed E-state index contributed by atoms with van der Waals surface area (Å²) in [5.74, 6) is 0.369. The van der Waals surface area contributed by atoms with Crippen LogP contribution in [0.3, 0.4) is 0 Å². The lowest BCUT2D eigenvalue weighted by Crippen LogP contribution is -2.12. The number of pyridine rings is 2. The second-order valence-electron chi connectivity index (χ2n) is 3.84. The summed E-state index contributed by atoms with van der Waals surface area (Å²) >= 11 is 0. The van der Waals surface area contributed by atoms with E-state index < -0.39 is 0 Å². The van der Waals surface area contributed by atoms with Crippen LogP contribution < -0.4 is 11.1 Å². The van der Waals surface area contributed by atoms with Crippen LogP contribution in [0.1, 0.15) is 12.1 Å². The molecule has 2 aromatic rings. The van der Waals surface area contributed by atoms with Gasteiger partial charge >= 0.3 is 0 Å². The van der Waals surface area contributed by atoms with Gasteiger partial charge in [0.1, 0.15) is 5.82 Å². The van der Waals surface area contributed by atoms with E-state index in [-0.39, 0.29) is 5.91 Å². The van der Waals surface area contributed by atoms with Crippen LogP contribution in [-0.4, -0.2) is 15.9 Å². The first kappa shape index (κ1) is 12.0. The van der Waals surface area contributed by atoms with Crippen molar-refractivity contribution in [2.24, 2.45) is 0 Å². The number of hydrogen-bond acceptors (Lipinski definition) is 4. The van der Waals surface area contributed by atoms with Gasteiger partial charge in [0.2, 0.25) is 5.91 Å². The molecule has 1 amide bonds. The number of anilines is 2. The molecule has 92 valence electrons. The normalized spacial score (nSPS) is 10.0. The van der Waals surface area contributed by atoms with E-state index >= 15 is 0 Å². The minimum Gasteiger partial charge on any atom is -0.384 e. The highest BCUT2D eigenvalue weighted by atomic mass is 16.1. The molecule has 2 rings (SSSR count). The quantitative estimate of drug-likeness (QED) is 0.853. The van der Waals surface area contributed by atoms with Crippen LogP contribution in [0.5, 0.6) is 0 Å². The number of nitrogens with zero attached hydrogens (tertiary/aromatic N) is 2. The Bertz CT molecular complexity index is 510. The molecule has 0 aromatic carbocycles. The van der Waals surface area contributed by atoms with Gasteiger partial charge in [-0.3, -0.25) is 9.78 Å². The fraction of sp³-hybridized carbons (Fsp3) is 0.154. The Labute approximate surface area is 105 Å². The average Bonchev–Trinajstić information content (AvgIpc) is 2.40. The van der Waals surface area contributed by atoms with Gasteiger partial charge in [-0.15, -0.1) is 0 Å². The maximum absolute atomic E-state index is 11.7. The van der Waals surface area contributed by atoms with Crippen molar-refractivity contribution in [2.75, 3.05) is 11.1 Å². The lowest BCUT2D eigenvalue weighted by molar-refractivity contribution is -0.116. The van der Waals surface area contributed by atoms with E-state index in [1.54, 1.807) is 18.3 Å². The third-order valence-corrected chi connectivity index (χ3v) is 2.40. The number of nitrogens with one attached hydrogen (secondary N) is 1. The highest BCUT2D eigenvalue weighted by molar-refractivity contribution is 5.90. The molecule has 0 aliphatic rings. The molecule has 0 unspecified atom stereocenters. The molecular formula is C13H14N4O. The van der Waals surface area contributed by atoms with Crippen molar-refractivity contribution in [2.45, 2.75) is 12.8 Å². The molecule has 0 aliphatic carbocycles. The second-order valence-corrected chi connectivity index (χ2v) is 3.84. The first-order valence-corrected chi connectivity index (χ1v) is 5.65. The predicted octanol–water partition coefficient (Wildman–Crippen LogP) is 1.63. The van der Waals surface area contributed by atoms with Crippen LogP contribution in [0, 0.1) is 0 Å². The zero-order valence-electron chi connectivity index (χ0n) is 9.84. The van der Waals surface area contributed by atoms with Gasteiger partial charge in [-0.2, -0.15) is 0 Å². The molecule has 0 saturated carbocycles. The molecule has 0 aliphatic heterocycles. The van der Waals surface area contributed by atoms with Crippen LogP contribution in [-0.2, 0) is 11.2 Å². The Morgan fingerprint density at radius 1 is 1.22 bits per heavy atom. The van der Waals surface area contributed by atoms with Crippen LogP contribution in [0.15, 0.2) is 42.7 Å². The molecule has 2 aromatic heterocycles. The summed E-state index contributed by atoms with van der Waals surface area (Å²) in [7, 11) is 0. The van der Waals surface area contributed by atoms with Gasteiger partial charge in [0.05, 0.1) is 11.9 Å². The van der Waals surface area contributed by atoms with Gasteiger partial charge in [0.15, 0.2) is 0 Å². The average molecular weight is 242 g/mol. The predicted molar refractivity (Wildman–Crippen MR) is 69.8 cm³/mol. The van der Waals surface area contributed by atoms with Gasteiger partial charge in [-0.1, -0.05) is 6.07 Å². The molecule has 0 radical (unpaired) electrons. The standard InChI is InChI=1S/C13H14N4O/c14-12-6-4-11(9-16-12)17-13(18)7-5-10-3-1-2-8-15-10/h1-4,6,8-9H,5,7H2,(H2,14,16)(H,17,18). The largest absolute Gasteiger partial charge is 0.384 e. The van der Waals surface area contributed by atoms with Crippen molar-refractivity contribution in [3.8, 4) is 0 Å². The molecule has 0 atom stereocenters. The Hall–Kier alpha value is -2.43. The lowest BCUT2D eigenvalue weighted by Gasteiger charge is -2.04.